The number of Topliss-reactive ketones (excluding diaryl/α,β-unsaturated/α-hetero) is 1. The zero-order valence-electron chi connectivity index (χ0n) is 26.8. The minimum atomic E-state index is -1.16. The first-order chi connectivity index (χ1) is 20.9. The van der Waals surface area contributed by atoms with Gasteiger partial charge in [0.1, 0.15) is 0 Å². The molecule has 1 aliphatic carbocycles. The fourth-order valence-electron chi connectivity index (χ4n) is 6.91. The Hall–Kier alpha value is -4.13. The standard InChI is InChI=1S/C37H44N2O5/c1-36(2)30-22-24(38(3)4)18-20-27(30)37(28-21-19-25(39(5)6)23-31(28)36)29-15-13-14-26(34(29)35(43)44-37)32(40)16-11-9-7-8-10-12-17-33(41)42/h13-15,18-23H,7-12,16-17H2,1-6H3,(H,41,42). The SMILES string of the molecule is CN(C)c1ccc2c(c1)C(C)(C)c1cc(N(C)C)ccc1C21OC(=O)c2c(C(=O)CCCCCCCCC(=O)O)cccc21. The van der Waals surface area contributed by atoms with Crippen molar-refractivity contribution in [2.24, 2.45) is 0 Å². The van der Waals surface area contributed by atoms with E-state index in [2.05, 4.69) is 60.0 Å². The average molecular weight is 597 g/mol. The van der Waals surface area contributed by atoms with E-state index in [4.69, 9.17) is 9.84 Å². The number of carboxylic acids is 1. The van der Waals surface area contributed by atoms with Gasteiger partial charge in [0.15, 0.2) is 11.4 Å². The van der Waals surface area contributed by atoms with E-state index >= 15 is 0 Å². The number of rotatable bonds is 12. The maximum Gasteiger partial charge on any atom is 0.340 e. The highest BCUT2D eigenvalue weighted by molar-refractivity contribution is 6.09. The molecule has 0 atom stereocenters. The second kappa shape index (κ2) is 12.1. The normalized spacial score (nSPS) is 15.3. The Morgan fingerprint density at radius 1 is 0.705 bits per heavy atom. The molecule has 3 aromatic rings. The highest BCUT2D eigenvalue weighted by Crippen LogP contribution is 2.57. The summed E-state index contributed by atoms with van der Waals surface area (Å²) in [6.45, 7) is 4.44. The van der Waals surface area contributed by atoms with Gasteiger partial charge < -0.3 is 19.6 Å². The molecule has 0 saturated heterocycles. The van der Waals surface area contributed by atoms with Crippen LogP contribution in [0.2, 0.25) is 0 Å². The van der Waals surface area contributed by atoms with Crippen LogP contribution in [0.1, 0.15) is 114 Å². The number of nitrogens with zero attached hydrogens (tertiary/aromatic N) is 2. The van der Waals surface area contributed by atoms with Crippen LogP contribution in [0.5, 0.6) is 0 Å². The zero-order chi connectivity index (χ0) is 31.8. The second-order valence-electron chi connectivity index (χ2n) is 13.1. The molecule has 0 fully saturated rings. The Morgan fingerprint density at radius 3 is 1.75 bits per heavy atom. The largest absolute Gasteiger partial charge is 0.481 e. The predicted octanol–water partition coefficient (Wildman–Crippen LogP) is 7.31. The van der Waals surface area contributed by atoms with Crippen molar-refractivity contribution in [3.8, 4) is 0 Å². The maximum absolute atomic E-state index is 13.9. The lowest BCUT2D eigenvalue weighted by Gasteiger charge is -2.45. The van der Waals surface area contributed by atoms with Gasteiger partial charge in [0, 0.05) is 80.1 Å². The number of fused-ring (bicyclic) bond motifs is 6. The lowest BCUT2D eigenvalue weighted by molar-refractivity contribution is -0.137. The number of benzene rings is 3. The molecule has 7 nitrogen and oxygen atoms in total. The van der Waals surface area contributed by atoms with Crippen LogP contribution in [0.25, 0.3) is 0 Å². The summed E-state index contributed by atoms with van der Waals surface area (Å²) < 4.78 is 6.54. The average Bonchev–Trinajstić information content (AvgIpc) is 3.29. The molecule has 1 aliphatic heterocycles. The monoisotopic (exact) mass is 596 g/mol. The molecule has 1 heterocycles. The summed E-state index contributed by atoms with van der Waals surface area (Å²) in [6.07, 6.45) is 5.65. The summed E-state index contributed by atoms with van der Waals surface area (Å²) in [7, 11) is 8.09. The van der Waals surface area contributed by atoms with Crippen LogP contribution in [0, 0.1) is 0 Å². The molecule has 0 bridgehead atoms. The van der Waals surface area contributed by atoms with E-state index in [1.54, 1.807) is 6.07 Å². The van der Waals surface area contributed by atoms with E-state index in [-0.39, 0.29) is 17.6 Å². The number of carbonyl (C=O) groups excluding carboxylic acids is 2. The van der Waals surface area contributed by atoms with Gasteiger partial charge in [-0.1, -0.05) is 69.9 Å². The Balaban J connectivity index is 1.53. The summed E-state index contributed by atoms with van der Waals surface area (Å²) >= 11 is 0. The third-order valence-electron chi connectivity index (χ3n) is 9.38. The van der Waals surface area contributed by atoms with E-state index < -0.39 is 17.5 Å². The minimum absolute atomic E-state index is 0.0516. The fourth-order valence-corrected chi connectivity index (χ4v) is 6.91. The summed E-state index contributed by atoms with van der Waals surface area (Å²) in [4.78, 5) is 42.3. The molecule has 0 saturated carbocycles. The van der Waals surface area contributed by atoms with Crippen LogP contribution >= 0.6 is 0 Å². The van der Waals surface area contributed by atoms with Crippen LogP contribution in [0.3, 0.4) is 0 Å². The van der Waals surface area contributed by atoms with Crippen molar-refractivity contribution < 1.29 is 24.2 Å². The molecule has 3 aromatic carbocycles. The van der Waals surface area contributed by atoms with Crippen LogP contribution in [-0.2, 0) is 20.5 Å². The number of ether oxygens (including phenoxy) is 1. The molecule has 7 heteroatoms. The van der Waals surface area contributed by atoms with Gasteiger partial charge >= 0.3 is 11.9 Å². The molecule has 2 aliphatic rings. The lowest BCUT2D eigenvalue weighted by Crippen LogP contribution is -2.41. The molecular weight excluding hydrogens is 552 g/mol. The van der Waals surface area contributed by atoms with Crippen molar-refractivity contribution in [3.63, 3.8) is 0 Å². The molecule has 232 valence electrons. The van der Waals surface area contributed by atoms with Crippen molar-refractivity contribution in [3.05, 3.63) is 93.5 Å². The first kappa shape index (κ1) is 31.3. The number of carboxylic acid groups (broad SMARTS) is 1. The summed E-state index contributed by atoms with van der Waals surface area (Å²) in [5.41, 5.74) is 6.16. The third kappa shape index (κ3) is 5.37. The third-order valence-corrected chi connectivity index (χ3v) is 9.38. The van der Waals surface area contributed by atoms with Crippen molar-refractivity contribution in [2.45, 2.75) is 76.2 Å². The highest BCUT2D eigenvalue weighted by atomic mass is 16.6. The summed E-state index contributed by atoms with van der Waals surface area (Å²) in [5, 5.41) is 8.80. The molecule has 0 aromatic heterocycles. The summed E-state index contributed by atoms with van der Waals surface area (Å²) in [6, 6.07) is 18.3. The summed E-state index contributed by atoms with van der Waals surface area (Å²) in [5.74, 6) is -1.27. The molecule has 0 radical (unpaired) electrons. The molecule has 5 rings (SSSR count). The first-order valence-electron chi connectivity index (χ1n) is 15.7. The first-order valence-corrected chi connectivity index (χ1v) is 15.7. The number of esters is 1. The molecule has 0 unspecified atom stereocenters. The van der Waals surface area contributed by atoms with Crippen molar-refractivity contribution in [1.29, 1.82) is 0 Å². The van der Waals surface area contributed by atoms with E-state index in [1.165, 1.54) is 0 Å². The maximum atomic E-state index is 13.9. The number of unbranched alkanes of at least 4 members (excludes halogenated alkanes) is 5. The number of carbonyl (C=O) groups is 3. The molecule has 0 amide bonds. The molecule has 1 spiro atoms. The van der Waals surface area contributed by atoms with Gasteiger partial charge in [-0.3, -0.25) is 9.59 Å². The predicted molar refractivity (Wildman–Crippen MR) is 174 cm³/mol. The van der Waals surface area contributed by atoms with Gasteiger partial charge in [-0.2, -0.15) is 0 Å². The van der Waals surface area contributed by atoms with Crippen LogP contribution < -0.4 is 9.80 Å². The van der Waals surface area contributed by atoms with E-state index in [0.717, 1.165) is 71.3 Å². The van der Waals surface area contributed by atoms with E-state index in [0.29, 0.717) is 24.0 Å². The van der Waals surface area contributed by atoms with E-state index in [1.807, 2.05) is 40.3 Å². The minimum Gasteiger partial charge on any atom is -0.481 e. The quantitative estimate of drug-likeness (QED) is 0.133. The molecular formula is C37H44N2O5. The Bertz CT molecular complexity index is 1540. The Labute approximate surface area is 260 Å². The van der Waals surface area contributed by atoms with Gasteiger partial charge in [0.25, 0.3) is 0 Å². The topological polar surface area (TPSA) is 87.2 Å². The lowest BCUT2D eigenvalue weighted by atomic mass is 9.61. The molecule has 44 heavy (non-hydrogen) atoms. The number of hydrogen-bond acceptors (Lipinski definition) is 6. The number of aliphatic carboxylic acids is 1. The molecule has 1 N–H and O–H groups in total. The smallest absolute Gasteiger partial charge is 0.340 e. The van der Waals surface area contributed by atoms with Gasteiger partial charge in [0.05, 0.1) is 5.56 Å². The zero-order valence-corrected chi connectivity index (χ0v) is 26.8. The van der Waals surface area contributed by atoms with Crippen LogP contribution in [0.4, 0.5) is 11.4 Å². The van der Waals surface area contributed by atoms with Crippen molar-refractivity contribution >= 4 is 29.1 Å². The van der Waals surface area contributed by atoms with Gasteiger partial charge in [-0.05, 0) is 48.2 Å². The number of hydrogen-bond donors (Lipinski definition) is 1. The van der Waals surface area contributed by atoms with Crippen molar-refractivity contribution in [2.75, 3.05) is 38.0 Å². The fraction of sp³-hybridized carbons (Fsp3) is 0.432. The Kier molecular flexibility index (Phi) is 8.61. The van der Waals surface area contributed by atoms with Gasteiger partial charge in [-0.25, -0.2) is 4.79 Å². The van der Waals surface area contributed by atoms with Crippen LogP contribution in [-0.4, -0.2) is 51.0 Å². The van der Waals surface area contributed by atoms with Crippen molar-refractivity contribution in [1.82, 2.24) is 0 Å². The highest BCUT2D eigenvalue weighted by Gasteiger charge is 2.56. The Morgan fingerprint density at radius 2 is 1.23 bits per heavy atom. The second-order valence-corrected chi connectivity index (χ2v) is 13.1. The number of anilines is 2. The number of ketones is 1. The van der Waals surface area contributed by atoms with Gasteiger partial charge in [-0.15, -0.1) is 0 Å². The van der Waals surface area contributed by atoms with Crippen LogP contribution in [0.15, 0.2) is 54.6 Å². The van der Waals surface area contributed by atoms with Gasteiger partial charge in [0.2, 0.25) is 0 Å². The van der Waals surface area contributed by atoms with E-state index in [9.17, 15) is 14.4 Å².